The molecule has 0 unspecified atom stereocenters. The number of pyridine rings is 1. The molecule has 0 aliphatic carbocycles. The molecule has 0 amide bonds. The van der Waals surface area contributed by atoms with Crippen LogP contribution in [-0.4, -0.2) is 16.2 Å². The minimum absolute atomic E-state index is 0.0554. The molecule has 0 saturated carbocycles. The molecule has 0 aliphatic heterocycles. The summed E-state index contributed by atoms with van der Waals surface area (Å²) >= 11 is 0. The number of nitrogens with zero attached hydrogens (tertiary/aromatic N) is 2. The number of nitrogen functional groups attached to an aromatic ring is 1. The lowest BCUT2D eigenvalue weighted by atomic mass is 10.0. The van der Waals surface area contributed by atoms with E-state index in [0.29, 0.717) is 22.8 Å². The zero-order valence-corrected chi connectivity index (χ0v) is 14.6. The highest BCUT2D eigenvalue weighted by Gasteiger charge is 2.16. The van der Waals surface area contributed by atoms with Crippen LogP contribution in [-0.2, 0) is 6.61 Å². The summed E-state index contributed by atoms with van der Waals surface area (Å²) in [5.74, 6) is 1.71. The van der Waals surface area contributed by atoms with E-state index in [1.807, 2.05) is 38.1 Å². The average Bonchev–Trinajstić information content (AvgIpc) is 3.09. The predicted octanol–water partition coefficient (Wildman–Crippen LogP) is 3.74. The first-order valence-corrected chi connectivity index (χ1v) is 8.19. The summed E-state index contributed by atoms with van der Waals surface area (Å²) in [6.07, 6.45) is 0.0554. The number of furan rings is 1. The van der Waals surface area contributed by atoms with E-state index in [-0.39, 0.29) is 24.1 Å². The highest BCUT2D eigenvalue weighted by atomic mass is 16.5. The molecule has 0 spiro atoms. The van der Waals surface area contributed by atoms with Crippen molar-refractivity contribution in [2.75, 3.05) is 5.73 Å². The highest BCUT2D eigenvalue weighted by molar-refractivity contribution is 5.78. The Kier molecular flexibility index (Phi) is 4.92. The lowest BCUT2D eigenvalue weighted by molar-refractivity contribution is 0.242. The molecule has 6 nitrogen and oxygen atoms in total. The molecular formula is C20H19N3O3. The van der Waals surface area contributed by atoms with Crippen molar-refractivity contribution >= 4 is 5.82 Å². The fraction of sp³-hybridized carbons (Fsp3) is 0.200. The number of nitriles is 1. The molecule has 132 valence electrons. The van der Waals surface area contributed by atoms with Gasteiger partial charge in [-0.05, 0) is 44.2 Å². The van der Waals surface area contributed by atoms with Gasteiger partial charge in [0.05, 0.1) is 11.8 Å². The normalized spacial score (nSPS) is 10.7. The van der Waals surface area contributed by atoms with Crippen molar-refractivity contribution in [2.45, 2.75) is 26.6 Å². The van der Waals surface area contributed by atoms with Gasteiger partial charge in [0, 0.05) is 11.1 Å². The number of nitrogens with two attached hydrogens (primary N) is 1. The van der Waals surface area contributed by atoms with Gasteiger partial charge in [-0.1, -0.05) is 12.1 Å². The highest BCUT2D eigenvalue weighted by Crippen LogP contribution is 2.33. The molecule has 3 N–H and O–H groups in total. The minimum atomic E-state index is -0.218. The van der Waals surface area contributed by atoms with Gasteiger partial charge in [0.1, 0.15) is 41.3 Å². The number of rotatable bonds is 5. The Hall–Kier alpha value is -3.30. The Labute approximate surface area is 151 Å². The van der Waals surface area contributed by atoms with Crippen LogP contribution < -0.4 is 10.5 Å². The third-order valence-corrected chi connectivity index (χ3v) is 3.74. The number of aromatic nitrogens is 1. The monoisotopic (exact) mass is 349 g/mol. The van der Waals surface area contributed by atoms with Crippen LogP contribution in [0, 0.1) is 11.3 Å². The molecule has 2 heterocycles. The summed E-state index contributed by atoms with van der Waals surface area (Å²) in [6, 6.07) is 14.7. The van der Waals surface area contributed by atoms with Crippen LogP contribution >= 0.6 is 0 Å². The van der Waals surface area contributed by atoms with Gasteiger partial charge in [-0.3, -0.25) is 0 Å². The van der Waals surface area contributed by atoms with E-state index >= 15 is 0 Å². The third kappa shape index (κ3) is 3.53. The van der Waals surface area contributed by atoms with E-state index in [2.05, 4.69) is 11.1 Å². The van der Waals surface area contributed by atoms with E-state index in [1.165, 1.54) is 0 Å². The molecule has 0 radical (unpaired) electrons. The summed E-state index contributed by atoms with van der Waals surface area (Å²) in [4.78, 5) is 4.36. The number of benzene rings is 1. The zero-order valence-electron chi connectivity index (χ0n) is 14.6. The standard InChI is InChI=1S/C20H19N3O3/c1-12(2)25-14-5-3-4-13(8-14)18-9-16(17(10-21)20(22)23-18)19-7-6-15(11-24)26-19/h3-9,12,24H,11H2,1-2H3,(H2,22,23). The molecule has 0 saturated heterocycles. The van der Waals surface area contributed by atoms with Crippen molar-refractivity contribution in [3.05, 3.63) is 53.8 Å². The zero-order chi connectivity index (χ0) is 18.7. The van der Waals surface area contributed by atoms with E-state index in [4.69, 9.17) is 14.9 Å². The molecule has 0 bridgehead atoms. The summed E-state index contributed by atoms with van der Waals surface area (Å²) < 4.78 is 11.3. The van der Waals surface area contributed by atoms with Crippen molar-refractivity contribution in [3.63, 3.8) is 0 Å². The van der Waals surface area contributed by atoms with E-state index in [0.717, 1.165) is 11.3 Å². The number of aliphatic hydroxyl groups is 1. The Morgan fingerprint density at radius 3 is 2.73 bits per heavy atom. The van der Waals surface area contributed by atoms with Crippen LogP contribution in [0.25, 0.3) is 22.6 Å². The number of hydrogen-bond acceptors (Lipinski definition) is 6. The Balaban J connectivity index is 2.11. The van der Waals surface area contributed by atoms with Gasteiger partial charge in [0.25, 0.3) is 0 Å². The van der Waals surface area contributed by atoms with Gasteiger partial charge in [0.2, 0.25) is 0 Å². The van der Waals surface area contributed by atoms with Gasteiger partial charge in [-0.2, -0.15) is 5.26 Å². The lowest BCUT2D eigenvalue weighted by Gasteiger charge is -2.12. The van der Waals surface area contributed by atoms with E-state index in [9.17, 15) is 10.4 Å². The first-order chi connectivity index (χ1) is 12.5. The summed E-state index contributed by atoms with van der Waals surface area (Å²) in [5.41, 5.74) is 8.20. The topological polar surface area (TPSA) is 105 Å². The molecule has 0 aliphatic rings. The van der Waals surface area contributed by atoms with Gasteiger partial charge in [0.15, 0.2) is 0 Å². The maximum absolute atomic E-state index is 9.45. The first kappa shape index (κ1) is 17.5. The quantitative estimate of drug-likeness (QED) is 0.727. The second-order valence-corrected chi connectivity index (χ2v) is 6.05. The molecule has 1 aromatic carbocycles. The van der Waals surface area contributed by atoms with Gasteiger partial charge in [-0.15, -0.1) is 0 Å². The molecule has 6 heteroatoms. The molecule has 26 heavy (non-hydrogen) atoms. The van der Waals surface area contributed by atoms with Crippen LogP contribution in [0.2, 0.25) is 0 Å². The predicted molar refractivity (Wildman–Crippen MR) is 98.2 cm³/mol. The van der Waals surface area contributed by atoms with Crippen LogP contribution in [0.5, 0.6) is 5.75 Å². The smallest absolute Gasteiger partial charge is 0.142 e. The average molecular weight is 349 g/mol. The molecule has 0 atom stereocenters. The summed E-state index contributed by atoms with van der Waals surface area (Å²) in [7, 11) is 0. The second-order valence-electron chi connectivity index (χ2n) is 6.05. The van der Waals surface area contributed by atoms with Gasteiger partial charge < -0.3 is 20.0 Å². The molecule has 3 rings (SSSR count). The lowest BCUT2D eigenvalue weighted by Crippen LogP contribution is -2.05. The first-order valence-electron chi connectivity index (χ1n) is 8.19. The number of ether oxygens (including phenoxy) is 1. The van der Waals surface area contributed by atoms with E-state index in [1.54, 1.807) is 18.2 Å². The van der Waals surface area contributed by atoms with Gasteiger partial charge in [-0.25, -0.2) is 4.98 Å². The van der Waals surface area contributed by atoms with Crippen LogP contribution in [0.4, 0.5) is 5.82 Å². The maximum atomic E-state index is 9.45. The van der Waals surface area contributed by atoms with Crippen molar-refractivity contribution in [3.8, 4) is 34.4 Å². The third-order valence-electron chi connectivity index (χ3n) is 3.74. The second kappa shape index (κ2) is 7.30. The number of anilines is 1. The molecular weight excluding hydrogens is 330 g/mol. The summed E-state index contributed by atoms with van der Waals surface area (Å²) in [6.45, 7) is 3.70. The minimum Gasteiger partial charge on any atom is -0.491 e. The maximum Gasteiger partial charge on any atom is 0.142 e. The van der Waals surface area contributed by atoms with Crippen molar-refractivity contribution in [1.29, 1.82) is 5.26 Å². The Morgan fingerprint density at radius 2 is 2.08 bits per heavy atom. The Morgan fingerprint density at radius 1 is 1.27 bits per heavy atom. The SMILES string of the molecule is CC(C)Oc1cccc(-c2cc(-c3ccc(CO)o3)c(C#N)c(N)n2)c1. The number of aliphatic hydroxyl groups excluding tert-OH is 1. The van der Waals surface area contributed by atoms with Crippen LogP contribution in [0.1, 0.15) is 25.2 Å². The van der Waals surface area contributed by atoms with Crippen LogP contribution in [0.3, 0.4) is 0 Å². The Bertz CT molecular complexity index is 971. The van der Waals surface area contributed by atoms with Gasteiger partial charge >= 0.3 is 0 Å². The molecule has 2 aromatic heterocycles. The largest absolute Gasteiger partial charge is 0.491 e. The van der Waals surface area contributed by atoms with Crippen molar-refractivity contribution < 1.29 is 14.3 Å². The molecule has 3 aromatic rings. The fourth-order valence-electron chi connectivity index (χ4n) is 2.63. The summed E-state index contributed by atoms with van der Waals surface area (Å²) in [5, 5.41) is 18.7. The molecule has 0 fully saturated rings. The fourth-order valence-corrected chi connectivity index (χ4v) is 2.63. The van der Waals surface area contributed by atoms with Crippen molar-refractivity contribution in [1.82, 2.24) is 4.98 Å². The van der Waals surface area contributed by atoms with Crippen LogP contribution in [0.15, 0.2) is 46.9 Å². The van der Waals surface area contributed by atoms with Crippen molar-refractivity contribution in [2.24, 2.45) is 0 Å². The van der Waals surface area contributed by atoms with E-state index < -0.39 is 0 Å². The number of hydrogen-bond donors (Lipinski definition) is 2.